The summed E-state index contributed by atoms with van der Waals surface area (Å²) in [5.74, 6) is 1.67. The first-order chi connectivity index (χ1) is 18.0. The van der Waals surface area contributed by atoms with Gasteiger partial charge in [0.15, 0.2) is 0 Å². The fourth-order valence-corrected chi connectivity index (χ4v) is 4.46. The Morgan fingerprint density at radius 3 is 2.27 bits per heavy atom. The van der Waals surface area contributed by atoms with Gasteiger partial charge in [0.1, 0.15) is 23.1 Å². The lowest BCUT2D eigenvalue weighted by atomic mass is 10.1. The molecule has 1 aromatic carbocycles. The largest absolute Gasteiger partial charge is 0.481 e. The third-order valence-corrected chi connectivity index (χ3v) is 6.56. The Morgan fingerprint density at radius 1 is 0.946 bits per heavy atom. The minimum Gasteiger partial charge on any atom is -0.481 e. The zero-order valence-corrected chi connectivity index (χ0v) is 20.5. The van der Waals surface area contributed by atoms with Crippen molar-refractivity contribution in [3.05, 3.63) is 72.3 Å². The van der Waals surface area contributed by atoms with E-state index in [1.54, 1.807) is 29.2 Å². The zero-order valence-electron chi connectivity index (χ0n) is 20.5. The number of hydrogen-bond acceptors (Lipinski definition) is 7. The number of carbonyl (C=O) groups is 2. The molecule has 9 nitrogen and oxygen atoms in total. The van der Waals surface area contributed by atoms with Crippen LogP contribution in [0.3, 0.4) is 0 Å². The lowest BCUT2D eigenvalue weighted by molar-refractivity contribution is -0.122. The quantitative estimate of drug-likeness (QED) is 0.500. The van der Waals surface area contributed by atoms with Gasteiger partial charge >= 0.3 is 0 Å². The molecule has 1 atom stereocenters. The summed E-state index contributed by atoms with van der Waals surface area (Å²) in [6.07, 6.45) is 5.06. The van der Waals surface area contributed by atoms with E-state index in [0.29, 0.717) is 60.9 Å². The molecule has 1 aliphatic carbocycles. The van der Waals surface area contributed by atoms with Crippen LogP contribution in [0, 0.1) is 11.7 Å². The average Bonchev–Trinajstić information content (AvgIpc) is 3.76. The second kappa shape index (κ2) is 10.9. The number of rotatable bonds is 8. The first kappa shape index (κ1) is 24.6. The maximum absolute atomic E-state index is 13.2. The van der Waals surface area contributed by atoms with E-state index in [4.69, 9.17) is 9.47 Å². The highest BCUT2D eigenvalue weighted by Crippen LogP contribution is 2.36. The zero-order chi connectivity index (χ0) is 25.8. The molecule has 1 unspecified atom stereocenters. The number of piperazine rings is 1. The summed E-state index contributed by atoms with van der Waals surface area (Å²) in [5, 5.41) is 2.93. The monoisotopic (exact) mass is 505 g/mol. The van der Waals surface area contributed by atoms with E-state index in [1.807, 2.05) is 0 Å². The highest BCUT2D eigenvalue weighted by Gasteiger charge is 2.41. The summed E-state index contributed by atoms with van der Waals surface area (Å²) in [6, 6.07) is 12.2. The van der Waals surface area contributed by atoms with Crippen molar-refractivity contribution < 1.29 is 23.5 Å². The molecule has 192 valence electrons. The fraction of sp³-hybridized carbons (Fsp3) is 0.333. The third-order valence-electron chi connectivity index (χ3n) is 6.56. The molecule has 5 rings (SSSR count). The predicted octanol–water partition coefficient (Wildman–Crippen LogP) is 3.59. The van der Waals surface area contributed by atoms with Gasteiger partial charge < -0.3 is 19.7 Å². The molecular weight excluding hydrogens is 477 g/mol. The normalized spacial score (nSPS) is 16.6. The highest BCUT2D eigenvalue weighted by molar-refractivity contribution is 5.95. The van der Waals surface area contributed by atoms with Crippen LogP contribution < -0.4 is 14.8 Å². The number of ether oxygens (including phenoxy) is 2. The molecule has 3 heterocycles. The van der Waals surface area contributed by atoms with Crippen LogP contribution in [0.5, 0.6) is 17.4 Å². The summed E-state index contributed by atoms with van der Waals surface area (Å²) in [7, 11) is 1.53. The van der Waals surface area contributed by atoms with E-state index >= 15 is 0 Å². The molecule has 2 fully saturated rings. The number of nitrogens with one attached hydrogen (secondary N) is 1. The number of benzene rings is 1. The Kier molecular flexibility index (Phi) is 7.27. The number of aromatic nitrogens is 2. The van der Waals surface area contributed by atoms with Gasteiger partial charge in [-0.1, -0.05) is 0 Å². The Morgan fingerprint density at radius 2 is 1.68 bits per heavy atom. The van der Waals surface area contributed by atoms with Gasteiger partial charge in [-0.3, -0.25) is 14.5 Å². The number of carbonyl (C=O) groups excluding carboxylic acids is 2. The molecule has 1 saturated carbocycles. The Bertz CT molecular complexity index is 1230. The van der Waals surface area contributed by atoms with E-state index in [2.05, 4.69) is 20.2 Å². The lowest BCUT2D eigenvalue weighted by Gasteiger charge is -2.38. The number of nitrogens with zero attached hydrogens (tertiary/aromatic N) is 4. The van der Waals surface area contributed by atoms with E-state index in [1.165, 1.54) is 43.8 Å². The fourth-order valence-electron chi connectivity index (χ4n) is 4.46. The second-order valence-electron chi connectivity index (χ2n) is 9.12. The van der Waals surface area contributed by atoms with Crippen molar-refractivity contribution in [1.29, 1.82) is 0 Å². The first-order valence-corrected chi connectivity index (χ1v) is 12.2. The van der Waals surface area contributed by atoms with E-state index in [9.17, 15) is 14.0 Å². The molecule has 0 bridgehead atoms. The summed E-state index contributed by atoms with van der Waals surface area (Å²) < 4.78 is 23.8. The van der Waals surface area contributed by atoms with Gasteiger partial charge in [0, 0.05) is 38.4 Å². The van der Waals surface area contributed by atoms with Crippen LogP contribution in [0.15, 0.2) is 60.9 Å². The molecule has 1 aliphatic heterocycles. The topological polar surface area (TPSA) is 96.9 Å². The van der Waals surface area contributed by atoms with Crippen LogP contribution in [0.4, 0.5) is 10.2 Å². The third kappa shape index (κ3) is 6.03. The van der Waals surface area contributed by atoms with Gasteiger partial charge in [0.25, 0.3) is 5.91 Å². The van der Waals surface area contributed by atoms with Crippen molar-refractivity contribution in [2.45, 2.75) is 18.9 Å². The summed E-state index contributed by atoms with van der Waals surface area (Å²) in [5.41, 5.74) is 0.517. The van der Waals surface area contributed by atoms with Crippen LogP contribution in [0.25, 0.3) is 0 Å². The van der Waals surface area contributed by atoms with Crippen molar-refractivity contribution in [3.8, 4) is 17.4 Å². The minimum absolute atomic E-state index is 0.0747. The number of anilines is 1. The summed E-state index contributed by atoms with van der Waals surface area (Å²) in [4.78, 5) is 38.5. The smallest absolute Gasteiger partial charge is 0.255 e. The van der Waals surface area contributed by atoms with Crippen molar-refractivity contribution in [2.24, 2.45) is 5.92 Å². The van der Waals surface area contributed by atoms with Gasteiger partial charge in [0.2, 0.25) is 11.8 Å². The van der Waals surface area contributed by atoms with Gasteiger partial charge in [-0.2, -0.15) is 0 Å². The van der Waals surface area contributed by atoms with Gasteiger partial charge in [-0.25, -0.2) is 14.4 Å². The molecule has 2 aromatic heterocycles. The van der Waals surface area contributed by atoms with E-state index < -0.39 is 0 Å². The molecule has 3 aromatic rings. The number of amides is 2. The molecule has 1 N–H and O–H groups in total. The van der Waals surface area contributed by atoms with Crippen molar-refractivity contribution in [1.82, 2.24) is 19.8 Å². The summed E-state index contributed by atoms with van der Waals surface area (Å²) >= 11 is 0. The van der Waals surface area contributed by atoms with Crippen molar-refractivity contribution >= 4 is 17.6 Å². The lowest BCUT2D eigenvalue weighted by Crippen LogP contribution is -2.55. The maximum Gasteiger partial charge on any atom is 0.255 e. The maximum atomic E-state index is 13.2. The molecule has 37 heavy (non-hydrogen) atoms. The molecule has 0 spiro atoms. The number of methoxy groups -OCH3 is 1. The minimum atomic E-state index is -0.337. The molecule has 2 amide bonds. The first-order valence-electron chi connectivity index (χ1n) is 12.2. The van der Waals surface area contributed by atoms with Crippen LogP contribution in [-0.4, -0.2) is 70.9 Å². The van der Waals surface area contributed by atoms with Crippen molar-refractivity contribution in [3.63, 3.8) is 0 Å². The Hall–Kier alpha value is -4.05. The summed E-state index contributed by atoms with van der Waals surface area (Å²) in [6.45, 7) is 2.30. The standard InChI is InChI=1S/C27H28FN5O4/c1-36-24-11-4-19(16-30-24)27(35)33-14-12-32(13-15-33)25(18-2-3-18)26(34)31-23-10-9-22(17-29-23)37-21-7-5-20(28)6-8-21/h4-11,16-18,25H,2-3,12-15H2,1H3,(H,29,31,34). The Balaban J connectivity index is 1.16. The van der Waals surface area contributed by atoms with Gasteiger partial charge in [-0.15, -0.1) is 0 Å². The predicted molar refractivity (Wildman–Crippen MR) is 134 cm³/mol. The van der Waals surface area contributed by atoms with Gasteiger partial charge in [0.05, 0.1) is 24.9 Å². The molecule has 0 radical (unpaired) electrons. The van der Waals surface area contributed by atoms with E-state index in [-0.39, 0.29) is 23.7 Å². The molecular formula is C27H28FN5O4. The highest BCUT2D eigenvalue weighted by atomic mass is 19.1. The average molecular weight is 506 g/mol. The number of halogens is 1. The molecule has 2 aliphatic rings. The van der Waals surface area contributed by atoms with Crippen molar-refractivity contribution in [2.75, 3.05) is 38.6 Å². The van der Waals surface area contributed by atoms with Gasteiger partial charge in [-0.05, 0) is 61.2 Å². The Labute approximate surface area is 214 Å². The van der Waals surface area contributed by atoms with Crippen LogP contribution >= 0.6 is 0 Å². The van der Waals surface area contributed by atoms with Crippen LogP contribution in [-0.2, 0) is 4.79 Å². The molecule has 10 heteroatoms. The van der Waals surface area contributed by atoms with E-state index in [0.717, 1.165) is 12.8 Å². The second-order valence-corrected chi connectivity index (χ2v) is 9.12. The number of pyridine rings is 2. The van der Waals surface area contributed by atoms with Crippen LogP contribution in [0.1, 0.15) is 23.2 Å². The number of hydrogen-bond donors (Lipinski definition) is 1. The SMILES string of the molecule is COc1ccc(C(=O)N2CCN(C(C(=O)Nc3ccc(Oc4ccc(F)cc4)cn3)C3CC3)CC2)cn1. The molecule has 1 saturated heterocycles. The van der Waals surface area contributed by atoms with Crippen LogP contribution in [0.2, 0.25) is 0 Å².